The Morgan fingerprint density at radius 1 is 1.06 bits per heavy atom. The van der Waals surface area contributed by atoms with Crippen LogP contribution in [0.15, 0.2) is 71.1 Å². The molecule has 0 amide bonds. The molecule has 0 aliphatic heterocycles. The van der Waals surface area contributed by atoms with Gasteiger partial charge in [-0.25, -0.2) is 0 Å². The summed E-state index contributed by atoms with van der Waals surface area (Å²) < 4.78 is 11.1. The van der Waals surface area contributed by atoms with Crippen LogP contribution in [-0.2, 0) is 17.8 Å². The molecule has 0 radical (unpaired) electrons. The lowest BCUT2D eigenvalue weighted by molar-refractivity contribution is -0.136. The van der Waals surface area contributed by atoms with E-state index in [1.165, 1.54) is 10.9 Å². The first kappa shape index (κ1) is 21.2. The third-order valence-corrected chi connectivity index (χ3v) is 5.43. The number of phenolic OH excluding ortho intramolecular Hbond substituents is 1. The Kier molecular flexibility index (Phi) is 5.43. The van der Waals surface area contributed by atoms with Crippen molar-refractivity contribution in [2.24, 2.45) is 0 Å². The first-order chi connectivity index (χ1) is 16.5. The third kappa shape index (κ3) is 4.06. The van der Waals surface area contributed by atoms with E-state index in [1.54, 1.807) is 37.4 Å². The summed E-state index contributed by atoms with van der Waals surface area (Å²) in [6.07, 6.45) is -0.286. The molecule has 2 N–H and O–H groups in total. The van der Waals surface area contributed by atoms with Crippen LogP contribution < -0.4 is 4.74 Å². The topological polar surface area (TPSA) is 124 Å². The number of methoxy groups -OCH3 is 1. The highest BCUT2D eigenvalue weighted by molar-refractivity contribution is 5.96. The lowest BCUT2D eigenvalue weighted by Gasteiger charge is -2.03. The van der Waals surface area contributed by atoms with Gasteiger partial charge in [-0.1, -0.05) is 30.3 Å². The van der Waals surface area contributed by atoms with E-state index < -0.39 is 5.97 Å². The van der Waals surface area contributed by atoms with Crippen molar-refractivity contribution in [3.8, 4) is 34.2 Å². The van der Waals surface area contributed by atoms with E-state index in [2.05, 4.69) is 15.4 Å². The van der Waals surface area contributed by atoms with Crippen molar-refractivity contribution in [1.82, 2.24) is 20.2 Å². The smallest absolute Gasteiger partial charge is 0.307 e. The van der Waals surface area contributed by atoms with Crippen LogP contribution in [0.5, 0.6) is 11.5 Å². The number of benzene rings is 3. The molecule has 170 valence electrons. The SMILES string of the molecule is COc1ccc(-c2oc3c(O)cc(-c4nnn(Cc5ccccc5)n4)cc3c2CC(=O)O)cc1. The van der Waals surface area contributed by atoms with E-state index in [0.29, 0.717) is 46.0 Å². The minimum Gasteiger partial charge on any atom is -0.504 e. The molecule has 5 rings (SSSR count). The number of phenols is 1. The van der Waals surface area contributed by atoms with Gasteiger partial charge in [-0.3, -0.25) is 4.79 Å². The van der Waals surface area contributed by atoms with E-state index in [1.807, 2.05) is 30.3 Å². The van der Waals surface area contributed by atoms with Crippen molar-refractivity contribution in [3.05, 3.63) is 77.9 Å². The predicted octanol–water partition coefficient (Wildman–Crippen LogP) is 4.14. The molecule has 0 unspecified atom stereocenters. The number of tetrazole rings is 1. The maximum atomic E-state index is 11.6. The molecule has 0 saturated carbocycles. The molecule has 9 heteroatoms. The second kappa shape index (κ2) is 8.70. The molecule has 5 aromatic rings. The van der Waals surface area contributed by atoms with E-state index in [0.717, 1.165) is 5.56 Å². The van der Waals surface area contributed by atoms with Crippen LogP contribution >= 0.6 is 0 Å². The fraction of sp³-hybridized carbons (Fsp3) is 0.120. The van der Waals surface area contributed by atoms with Gasteiger partial charge in [0.15, 0.2) is 11.3 Å². The second-order valence-electron chi connectivity index (χ2n) is 7.71. The van der Waals surface area contributed by atoms with Crippen molar-refractivity contribution in [2.45, 2.75) is 13.0 Å². The Morgan fingerprint density at radius 3 is 2.53 bits per heavy atom. The van der Waals surface area contributed by atoms with Gasteiger partial charge in [-0.05, 0) is 47.2 Å². The van der Waals surface area contributed by atoms with Gasteiger partial charge in [0, 0.05) is 22.1 Å². The number of carboxylic acid groups (broad SMARTS) is 1. The molecule has 0 aliphatic carbocycles. The maximum Gasteiger partial charge on any atom is 0.307 e. The third-order valence-electron chi connectivity index (χ3n) is 5.43. The summed E-state index contributed by atoms with van der Waals surface area (Å²) in [4.78, 5) is 13.1. The zero-order chi connectivity index (χ0) is 23.7. The number of aliphatic carboxylic acids is 1. The summed E-state index contributed by atoms with van der Waals surface area (Å²) >= 11 is 0. The molecule has 0 saturated heterocycles. The van der Waals surface area contributed by atoms with Crippen LogP contribution in [0.25, 0.3) is 33.7 Å². The first-order valence-electron chi connectivity index (χ1n) is 10.5. The zero-order valence-corrected chi connectivity index (χ0v) is 18.2. The number of aromatic nitrogens is 4. The van der Waals surface area contributed by atoms with Gasteiger partial charge in [0.25, 0.3) is 0 Å². The fourth-order valence-electron chi connectivity index (χ4n) is 3.83. The molecular formula is C25H20N4O5. The molecular weight excluding hydrogens is 436 g/mol. The van der Waals surface area contributed by atoms with Gasteiger partial charge >= 0.3 is 5.97 Å². The summed E-state index contributed by atoms with van der Waals surface area (Å²) in [5.74, 6) is 0.178. The maximum absolute atomic E-state index is 11.6. The summed E-state index contributed by atoms with van der Waals surface area (Å²) in [5.41, 5.74) is 2.83. The number of hydrogen-bond donors (Lipinski definition) is 2. The van der Waals surface area contributed by atoms with Gasteiger partial charge in [-0.2, -0.15) is 4.80 Å². The Bertz CT molecular complexity index is 1470. The van der Waals surface area contributed by atoms with Crippen molar-refractivity contribution < 1.29 is 24.2 Å². The van der Waals surface area contributed by atoms with Crippen LogP contribution in [0.2, 0.25) is 0 Å². The lowest BCUT2D eigenvalue weighted by Crippen LogP contribution is -2.03. The number of carbonyl (C=O) groups is 1. The minimum atomic E-state index is -1.02. The van der Waals surface area contributed by atoms with Crippen molar-refractivity contribution in [3.63, 3.8) is 0 Å². The number of fused-ring (bicyclic) bond motifs is 1. The molecule has 2 aromatic heterocycles. The number of carboxylic acids is 1. The number of aromatic hydroxyl groups is 1. The summed E-state index contributed by atoms with van der Waals surface area (Å²) in [6, 6.07) is 20.0. The lowest BCUT2D eigenvalue weighted by atomic mass is 10.0. The minimum absolute atomic E-state index is 0.140. The molecule has 2 heterocycles. The molecule has 3 aromatic carbocycles. The Labute approximate surface area is 193 Å². The Morgan fingerprint density at radius 2 is 1.82 bits per heavy atom. The second-order valence-corrected chi connectivity index (χ2v) is 7.71. The van der Waals surface area contributed by atoms with Gasteiger partial charge in [0.2, 0.25) is 5.82 Å². The molecule has 0 fully saturated rings. The highest BCUT2D eigenvalue weighted by Crippen LogP contribution is 2.40. The first-order valence-corrected chi connectivity index (χ1v) is 10.5. The Hall–Kier alpha value is -4.66. The summed E-state index contributed by atoms with van der Waals surface area (Å²) in [7, 11) is 1.57. The highest BCUT2D eigenvalue weighted by atomic mass is 16.5. The van der Waals surface area contributed by atoms with Crippen LogP contribution in [0.4, 0.5) is 0 Å². The van der Waals surface area contributed by atoms with Crippen LogP contribution in [0.3, 0.4) is 0 Å². The monoisotopic (exact) mass is 456 g/mol. The molecule has 34 heavy (non-hydrogen) atoms. The molecule has 0 spiro atoms. The normalized spacial score (nSPS) is 11.1. The number of ether oxygens (including phenoxy) is 1. The molecule has 0 bridgehead atoms. The number of furan rings is 1. The predicted molar refractivity (Wildman–Crippen MR) is 124 cm³/mol. The van der Waals surface area contributed by atoms with Gasteiger partial charge in [0.05, 0.1) is 20.1 Å². The van der Waals surface area contributed by atoms with E-state index in [-0.39, 0.29) is 17.8 Å². The van der Waals surface area contributed by atoms with Crippen LogP contribution in [0.1, 0.15) is 11.1 Å². The van der Waals surface area contributed by atoms with Gasteiger partial charge < -0.3 is 19.4 Å². The molecule has 0 atom stereocenters. The average molecular weight is 456 g/mol. The van der Waals surface area contributed by atoms with E-state index in [4.69, 9.17) is 9.15 Å². The van der Waals surface area contributed by atoms with Gasteiger partial charge in [-0.15, -0.1) is 10.2 Å². The number of rotatable bonds is 7. The Balaban J connectivity index is 1.58. The van der Waals surface area contributed by atoms with Crippen molar-refractivity contribution in [2.75, 3.05) is 7.11 Å². The van der Waals surface area contributed by atoms with Gasteiger partial charge in [0.1, 0.15) is 11.5 Å². The molecule has 0 aliphatic rings. The van der Waals surface area contributed by atoms with Crippen LogP contribution in [0, 0.1) is 0 Å². The highest BCUT2D eigenvalue weighted by Gasteiger charge is 2.22. The van der Waals surface area contributed by atoms with E-state index in [9.17, 15) is 15.0 Å². The van der Waals surface area contributed by atoms with Crippen LogP contribution in [-0.4, -0.2) is 43.5 Å². The average Bonchev–Trinajstić information content (AvgIpc) is 3.45. The number of nitrogens with zero attached hydrogens (tertiary/aromatic N) is 4. The van der Waals surface area contributed by atoms with E-state index >= 15 is 0 Å². The van der Waals surface area contributed by atoms with Crippen molar-refractivity contribution >= 4 is 16.9 Å². The summed E-state index contributed by atoms with van der Waals surface area (Å²) in [6.45, 7) is 0.444. The zero-order valence-electron chi connectivity index (χ0n) is 18.2. The molecule has 9 nitrogen and oxygen atoms in total. The largest absolute Gasteiger partial charge is 0.504 e. The fourth-order valence-corrected chi connectivity index (χ4v) is 3.83. The van der Waals surface area contributed by atoms with Crippen molar-refractivity contribution in [1.29, 1.82) is 0 Å². The number of hydrogen-bond acceptors (Lipinski definition) is 7. The standard InChI is InChI=1S/C25H20N4O5/c1-33-18-9-7-16(8-10-18)23-20(13-22(31)32)19-11-17(12-21(30)24(19)34-23)25-26-28-29(27-25)14-15-5-3-2-4-6-15/h2-12,30H,13-14H2,1H3,(H,31,32). The summed E-state index contributed by atoms with van der Waals surface area (Å²) in [5, 5.41) is 33.4. The quantitative estimate of drug-likeness (QED) is 0.374.